The number of halogens is 3. The smallest absolute Gasteiger partial charge is 0.337 e. The van der Waals surface area contributed by atoms with Crippen molar-refractivity contribution in [2.75, 3.05) is 13.1 Å². The maximum Gasteiger partial charge on any atom is 0.416 e. The fraction of sp³-hybridized carbons (Fsp3) is 0.364. The molecular weight excluding hydrogens is 425 g/mol. The number of aryl methyl sites for hydroxylation is 1. The molecule has 1 fully saturated rings. The molecule has 4 rings (SSSR count). The molecule has 1 aliphatic heterocycles. The molecule has 0 spiro atoms. The van der Waals surface area contributed by atoms with Crippen LogP contribution in [0.15, 0.2) is 42.6 Å². The Kier molecular flexibility index (Phi) is 6.04. The highest BCUT2D eigenvalue weighted by molar-refractivity contribution is 7.07. The zero-order valence-electron chi connectivity index (χ0n) is 16.9. The van der Waals surface area contributed by atoms with Gasteiger partial charge in [0.2, 0.25) is 0 Å². The van der Waals surface area contributed by atoms with E-state index in [1.54, 1.807) is 19.2 Å². The molecule has 9 heteroatoms. The van der Waals surface area contributed by atoms with Crippen LogP contribution in [0.25, 0.3) is 0 Å². The number of pyridine rings is 1. The van der Waals surface area contributed by atoms with Crippen molar-refractivity contribution < 1.29 is 18.0 Å². The van der Waals surface area contributed by atoms with Gasteiger partial charge in [0, 0.05) is 30.9 Å². The van der Waals surface area contributed by atoms with Crippen molar-refractivity contribution in [1.29, 1.82) is 0 Å². The third-order valence-electron chi connectivity index (χ3n) is 5.48. The Hall–Kier alpha value is -2.81. The van der Waals surface area contributed by atoms with Crippen molar-refractivity contribution in [1.82, 2.24) is 19.5 Å². The molecule has 0 N–H and O–H groups in total. The number of amides is 1. The summed E-state index contributed by atoms with van der Waals surface area (Å²) < 4.78 is 42.6. The predicted octanol–water partition coefficient (Wildman–Crippen LogP) is 4.87. The van der Waals surface area contributed by atoms with Gasteiger partial charge in [-0.05, 0) is 61.0 Å². The summed E-state index contributed by atoms with van der Waals surface area (Å²) in [5, 5.41) is 3.92. The Balaban J connectivity index is 1.43. The summed E-state index contributed by atoms with van der Waals surface area (Å²) in [5.74, 6) is 0.0832. The third-order valence-corrected chi connectivity index (χ3v) is 6.30. The summed E-state index contributed by atoms with van der Waals surface area (Å²) in [6.07, 6.45) is -0.438. The van der Waals surface area contributed by atoms with Gasteiger partial charge in [-0.2, -0.15) is 13.2 Å². The molecule has 1 unspecified atom stereocenters. The molecule has 1 atom stereocenters. The molecule has 0 aliphatic carbocycles. The van der Waals surface area contributed by atoms with Crippen LogP contribution in [0.1, 0.15) is 56.5 Å². The van der Waals surface area contributed by atoms with Gasteiger partial charge in [-0.3, -0.25) is 9.78 Å². The van der Waals surface area contributed by atoms with Crippen LogP contribution < -0.4 is 0 Å². The van der Waals surface area contributed by atoms with E-state index in [0.717, 1.165) is 41.7 Å². The van der Waals surface area contributed by atoms with E-state index in [0.29, 0.717) is 35.6 Å². The SMILES string of the molecule is Cc1nnsc1C(=O)N1CCCC(c2ccc(Cc3cccc(C(F)(F)F)c3)cn2)C1. The van der Waals surface area contributed by atoms with Crippen LogP contribution in [0.2, 0.25) is 0 Å². The minimum atomic E-state index is -4.35. The van der Waals surface area contributed by atoms with E-state index in [9.17, 15) is 18.0 Å². The number of hydrogen-bond acceptors (Lipinski definition) is 5. The van der Waals surface area contributed by atoms with E-state index < -0.39 is 11.7 Å². The number of benzene rings is 1. The zero-order chi connectivity index (χ0) is 22.0. The van der Waals surface area contributed by atoms with Gasteiger partial charge in [0.05, 0.1) is 11.3 Å². The van der Waals surface area contributed by atoms with Crippen LogP contribution in [-0.2, 0) is 12.6 Å². The standard InChI is InChI=1S/C22H21F3N4OS/c1-14-20(31-28-27-14)21(30)29-9-3-5-17(13-29)19-8-7-16(12-26-19)10-15-4-2-6-18(11-15)22(23,24)25/h2,4,6-8,11-12,17H,3,5,9-10,13H2,1H3. The van der Waals surface area contributed by atoms with E-state index in [-0.39, 0.29) is 11.8 Å². The Bertz CT molecular complexity index is 1070. The summed E-state index contributed by atoms with van der Waals surface area (Å²) >= 11 is 1.12. The first kappa shape index (κ1) is 21.4. The normalized spacial score (nSPS) is 17.0. The molecular formula is C22H21F3N4OS. The van der Waals surface area contributed by atoms with Crippen molar-refractivity contribution in [2.45, 2.75) is 38.3 Å². The highest BCUT2D eigenvalue weighted by Gasteiger charge is 2.30. The molecule has 162 valence electrons. The van der Waals surface area contributed by atoms with Crippen molar-refractivity contribution in [3.8, 4) is 0 Å². The van der Waals surface area contributed by atoms with Gasteiger partial charge in [-0.1, -0.05) is 28.8 Å². The number of carbonyl (C=O) groups excluding carboxylic acids is 1. The molecule has 0 radical (unpaired) electrons. The predicted molar refractivity (Wildman–Crippen MR) is 111 cm³/mol. The molecule has 1 aliphatic rings. The van der Waals surface area contributed by atoms with Gasteiger partial charge in [-0.25, -0.2) is 0 Å². The number of likely N-dealkylation sites (tertiary alicyclic amines) is 1. The molecule has 2 aromatic heterocycles. The van der Waals surface area contributed by atoms with Crippen molar-refractivity contribution in [2.24, 2.45) is 0 Å². The van der Waals surface area contributed by atoms with Gasteiger partial charge >= 0.3 is 6.18 Å². The van der Waals surface area contributed by atoms with Crippen LogP contribution >= 0.6 is 11.5 Å². The second-order valence-corrected chi connectivity index (χ2v) is 8.50. The monoisotopic (exact) mass is 446 g/mol. The average Bonchev–Trinajstić information content (AvgIpc) is 3.19. The third kappa shape index (κ3) is 4.92. The van der Waals surface area contributed by atoms with E-state index in [1.807, 2.05) is 17.0 Å². The van der Waals surface area contributed by atoms with Crippen LogP contribution in [0, 0.1) is 6.92 Å². The average molecular weight is 446 g/mol. The minimum absolute atomic E-state index is 0.0432. The summed E-state index contributed by atoms with van der Waals surface area (Å²) in [5.41, 5.74) is 2.33. The highest BCUT2D eigenvalue weighted by Crippen LogP contribution is 2.30. The lowest BCUT2D eigenvalue weighted by molar-refractivity contribution is -0.137. The number of piperidine rings is 1. The van der Waals surface area contributed by atoms with Crippen molar-refractivity contribution in [3.63, 3.8) is 0 Å². The van der Waals surface area contributed by atoms with Crippen LogP contribution in [0.3, 0.4) is 0 Å². The first-order valence-electron chi connectivity index (χ1n) is 10.0. The second-order valence-electron chi connectivity index (χ2n) is 7.74. The summed E-state index contributed by atoms with van der Waals surface area (Å²) in [4.78, 5) is 19.7. The first-order chi connectivity index (χ1) is 14.8. The van der Waals surface area contributed by atoms with Gasteiger partial charge < -0.3 is 4.90 Å². The molecule has 0 saturated carbocycles. The highest BCUT2D eigenvalue weighted by atomic mass is 32.1. The fourth-order valence-electron chi connectivity index (χ4n) is 3.85. The number of hydrogen-bond donors (Lipinski definition) is 0. The number of rotatable bonds is 4. The van der Waals surface area contributed by atoms with Crippen LogP contribution in [0.4, 0.5) is 13.2 Å². The van der Waals surface area contributed by atoms with E-state index >= 15 is 0 Å². The second kappa shape index (κ2) is 8.74. The Morgan fingerprint density at radius 2 is 2.06 bits per heavy atom. The lowest BCUT2D eigenvalue weighted by Gasteiger charge is -2.32. The van der Waals surface area contributed by atoms with Crippen molar-refractivity contribution in [3.05, 3.63) is 75.6 Å². The molecule has 3 heterocycles. The Morgan fingerprint density at radius 3 is 2.74 bits per heavy atom. The van der Waals surface area contributed by atoms with E-state index in [1.165, 1.54) is 12.1 Å². The molecule has 1 aromatic carbocycles. The van der Waals surface area contributed by atoms with E-state index in [2.05, 4.69) is 14.6 Å². The van der Waals surface area contributed by atoms with Crippen LogP contribution in [0.5, 0.6) is 0 Å². The Labute approximate surface area is 182 Å². The molecule has 31 heavy (non-hydrogen) atoms. The van der Waals surface area contributed by atoms with Gasteiger partial charge in [-0.15, -0.1) is 5.10 Å². The summed E-state index contributed by atoms with van der Waals surface area (Å²) in [6, 6.07) is 9.18. The van der Waals surface area contributed by atoms with Crippen molar-refractivity contribution >= 4 is 17.4 Å². The lowest BCUT2D eigenvalue weighted by atomic mass is 9.93. The molecule has 1 amide bonds. The molecule has 0 bridgehead atoms. The summed E-state index contributed by atoms with van der Waals surface area (Å²) in [7, 11) is 0. The lowest BCUT2D eigenvalue weighted by Crippen LogP contribution is -2.39. The van der Waals surface area contributed by atoms with Gasteiger partial charge in [0.1, 0.15) is 4.88 Å². The quantitative estimate of drug-likeness (QED) is 0.574. The molecule has 3 aromatic rings. The minimum Gasteiger partial charge on any atom is -0.337 e. The maximum atomic E-state index is 12.9. The number of nitrogens with zero attached hydrogens (tertiary/aromatic N) is 4. The number of carbonyl (C=O) groups is 1. The summed E-state index contributed by atoms with van der Waals surface area (Å²) in [6.45, 7) is 3.05. The maximum absolute atomic E-state index is 12.9. The number of alkyl halides is 3. The first-order valence-corrected chi connectivity index (χ1v) is 10.8. The fourth-order valence-corrected chi connectivity index (χ4v) is 4.47. The molecule has 1 saturated heterocycles. The molecule has 5 nitrogen and oxygen atoms in total. The topological polar surface area (TPSA) is 59.0 Å². The Morgan fingerprint density at radius 1 is 1.23 bits per heavy atom. The largest absolute Gasteiger partial charge is 0.416 e. The van der Waals surface area contributed by atoms with Crippen LogP contribution in [-0.4, -0.2) is 38.5 Å². The number of aromatic nitrogens is 3. The van der Waals surface area contributed by atoms with Gasteiger partial charge in [0.15, 0.2) is 0 Å². The van der Waals surface area contributed by atoms with E-state index in [4.69, 9.17) is 0 Å². The van der Waals surface area contributed by atoms with Gasteiger partial charge in [0.25, 0.3) is 5.91 Å². The zero-order valence-corrected chi connectivity index (χ0v) is 17.7.